The van der Waals surface area contributed by atoms with Gasteiger partial charge in [0.15, 0.2) is 5.13 Å². The molecule has 0 bridgehead atoms. The number of anilines is 1. The van der Waals surface area contributed by atoms with E-state index in [4.69, 9.17) is 37.7 Å². The lowest BCUT2D eigenvalue weighted by atomic mass is 10.2. The van der Waals surface area contributed by atoms with Gasteiger partial charge in [-0.2, -0.15) is 0 Å². The summed E-state index contributed by atoms with van der Waals surface area (Å²) in [4.78, 5) is 24.2. The zero-order valence-corrected chi connectivity index (χ0v) is 19.0. The molecule has 0 unspecified atom stereocenters. The topological polar surface area (TPSA) is 64.6 Å². The first-order chi connectivity index (χ1) is 15.0. The average molecular weight is 474 g/mol. The van der Waals surface area contributed by atoms with Crippen LogP contribution in [0, 0.1) is 0 Å². The fourth-order valence-electron chi connectivity index (χ4n) is 3.08. The van der Waals surface area contributed by atoms with Crippen molar-refractivity contribution in [3.8, 4) is 11.5 Å². The van der Waals surface area contributed by atoms with E-state index in [0.717, 1.165) is 4.70 Å². The Morgan fingerprint density at radius 3 is 2.55 bits per heavy atom. The average Bonchev–Trinajstić information content (AvgIpc) is 3.24. The minimum Gasteiger partial charge on any atom is -0.495 e. The van der Waals surface area contributed by atoms with E-state index >= 15 is 0 Å². The number of methoxy groups -OCH3 is 2. The first-order valence-corrected chi connectivity index (χ1v) is 10.8. The number of fused-ring (bicyclic) bond motifs is 1. The van der Waals surface area contributed by atoms with Crippen molar-refractivity contribution < 1.29 is 14.3 Å². The van der Waals surface area contributed by atoms with E-state index < -0.39 is 0 Å². The summed E-state index contributed by atoms with van der Waals surface area (Å²) in [5.41, 5.74) is 1.59. The van der Waals surface area contributed by atoms with Crippen molar-refractivity contribution in [2.45, 2.75) is 6.54 Å². The number of ether oxygens (including phenoxy) is 2. The molecule has 0 radical (unpaired) electrons. The molecular weight excluding hydrogens is 457 g/mol. The molecule has 2 aromatic carbocycles. The fraction of sp³-hybridized carbons (Fsp3) is 0.136. The minimum atomic E-state index is -0.338. The Morgan fingerprint density at radius 2 is 1.84 bits per heavy atom. The predicted molar refractivity (Wildman–Crippen MR) is 124 cm³/mol. The number of benzene rings is 2. The lowest BCUT2D eigenvalue weighted by molar-refractivity contribution is 0.0985. The third-order valence-corrected chi connectivity index (χ3v) is 6.24. The van der Waals surface area contributed by atoms with Gasteiger partial charge in [0.1, 0.15) is 21.7 Å². The van der Waals surface area contributed by atoms with E-state index in [1.807, 2.05) is 24.3 Å². The molecule has 0 aliphatic rings. The molecule has 0 saturated carbocycles. The largest absolute Gasteiger partial charge is 0.495 e. The maximum Gasteiger partial charge on any atom is 0.262 e. The molecular formula is C22H17Cl2N3O3S. The third kappa shape index (κ3) is 4.30. The number of rotatable bonds is 6. The van der Waals surface area contributed by atoms with Crippen molar-refractivity contribution >= 4 is 55.8 Å². The standard InChI is InChI=1S/C22H17Cl2N3O3S/c1-29-17-8-9-18(30-2)20-19(17)26-22(31-20)27(12-14-5-3-4-10-25-14)21(28)15-11-13(23)6-7-16(15)24/h3-11H,12H2,1-2H3. The van der Waals surface area contributed by atoms with Crippen LogP contribution < -0.4 is 14.4 Å². The smallest absolute Gasteiger partial charge is 0.262 e. The van der Waals surface area contributed by atoms with E-state index in [-0.39, 0.29) is 18.0 Å². The molecule has 0 saturated heterocycles. The predicted octanol–water partition coefficient (Wildman–Crippen LogP) is 5.86. The van der Waals surface area contributed by atoms with Gasteiger partial charge in [-0.25, -0.2) is 4.98 Å². The van der Waals surface area contributed by atoms with Crippen LogP contribution in [0.15, 0.2) is 54.7 Å². The van der Waals surface area contributed by atoms with E-state index in [1.54, 1.807) is 44.7 Å². The summed E-state index contributed by atoms with van der Waals surface area (Å²) in [7, 11) is 3.16. The van der Waals surface area contributed by atoms with Crippen LogP contribution in [0.1, 0.15) is 16.1 Å². The Kier molecular flexibility index (Phi) is 6.27. The maximum absolute atomic E-state index is 13.6. The van der Waals surface area contributed by atoms with Crippen LogP contribution in [0.2, 0.25) is 10.0 Å². The van der Waals surface area contributed by atoms with Gasteiger partial charge in [0.05, 0.1) is 37.0 Å². The highest BCUT2D eigenvalue weighted by Crippen LogP contribution is 2.41. The number of hydrogen-bond donors (Lipinski definition) is 0. The van der Waals surface area contributed by atoms with Crippen molar-refractivity contribution in [2.75, 3.05) is 19.1 Å². The Hall–Kier alpha value is -2.87. The molecule has 0 atom stereocenters. The molecule has 4 aromatic rings. The first-order valence-electron chi connectivity index (χ1n) is 9.20. The Balaban J connectivity index is 1.86. The highest BCUT2D eigenvalue weighted by molar-refractivity contribution is 7.22. The number of carbonyl (C=O) groups excluding carboxylic acids is 1. The van der Waals surface area contributed by atoms with Gasteiger partial charge in [0.25, 0.3) is 5.91 Å². The maximum atomic E-state index is 13.6. The van der Waals surface area contributed by atoms with Crippen LogP contribution >= 0.6 is 34.5 Å². The molecule has 158 valence electrons. The summed E-state index contributed by atoms with van der Waals surface area (Å²) in [5.74, 6) is 0.894. The highest BCUT2D eigenvalue weighted by Gasteiger charge is 2.26. The number of carbonyl (C=O) groups is 1. The summed E-state index contributed by atoms with van der Waals surface area (Å²) in [6, 6.07) is 13.9. The summed E-state index contributed by atoms with van der Waals surface area (Å²) >= 11 is 13.8. The summed E-state index contributed by atoms with van der Waals surface area (Å²) < 4.78 is 11.7. The van der Waals surface area contributed by atoms with Crippen molar-refractivity contribution in [3.05, 3.63) is 76.0 Å². The molecule has 0 spiro atoms. The number of nitrogens with zero attached hydrogens (tertiary/aromatic N) is 3. The summed E-state index contributed by atoms with van der Waals surface area (Å²) in [6.45, 7) is 0.201. The van der Waals surface area contributed by atoms with Crippen LogP contribution in [0.5, 0.6) is 11.5 Å². The van der Waals surface area contributed by atoms with Gasteiger partial charge in [-0.3, -0.25) is 14.7 Å². The number of halogens is 2. The van der Waals surface area contributed by atoms with Gasteiger partial charge in [0.2, 0.25) is 0 Å². The van der Waals surface area contributed by atoms with Gasteiger partial charge < -0.3 is 9.47 Å². The molecule has 0 aliphatic carbocycles. The van der Waals surface area contributed by atoms with Gasteiger partial charge in [0, 0.05) is 11.2 Å². The number of aromatic nitrogens is 2. The van der Waals surface area contributed by atoms with E-state index in [2.05, 4.69) is 4.98 Å². The van der Waals surface area contributed by atoms with E-state index in [0.29, 0.717) is 37.9 Å². The summed E-state index contributed by atoms with van der Waals surface area (Å²) in [6.07, 6.45) is 1.68. The van der Waals surface area contributed by atoms with Crippen LogP contribution in [0.4, 0.5) is 5.13 Å². The zero-order chi connectivity index (χ0) is 22.0. The Labute approximate surface area is 193 Å². The van der Waals surface area contributed by atoms with Gasteiger partial charge >= 0.3 is 0 Å². The molecule has 4 rings (SSSR count). The lowest BCUT2D eigenvalue weighted by Crippen LogP contribution is -2.31. The molecule has 6 nitrogen and oxygen atoms in total. The second kappa shape index (κ2) is 9.09. The van der Waals surface area contributed by atoms with Crippen molar-refractivity contribution in [1.29, 1.82) is 0 Å². The van der Waals surface area contributed by atoms with Crippen LogP contribution in [-0.4, -0.2) is 30.1 Å². The molecule has 1 amide bonds. The second-order valence-electron chi connectivity index (χ2n) is 6.48. The quantitative estimate of drug-likeness (QED) is 0.350. The minimum absolute atomic E-state index is 0.201. The molecule has 0 fully saturated rings. The molecule has 9 heteroatoms. The molecule has 0 N–H and O–H groups in total. The van der Waals surface area contributed by atoms with Crippen molar-refractivity contribution in [2.24, 2.45) is 0 Å². The van der Waals surface area contributed by atoms with Crippen LogP contribution in [0.25, 0.3) is 10.2 Å². The molecule has 2 aromatic heterocycles. The van der Waals surface area contributed by atoms with Crippen LogP contribution in [-0.2, 0) is 6.54 Å². The van der Waals surface area contributed by atoms with Crippen LogP contribution in [0.3, 0.4) is 0 Å². The van der Waals surface area contributed by atoms with Gasteiger partial charge in [-0.05, 0) is 42.5 Å². The van der Waals surface area contributed by atoms with E-state index in [1.165, 1.54) is 16.2 Å². The highest BCUT2D eigenvalue weighted by atomic mass is 35.5. The monoisotopic (exact) mass is 473 g/mol. The second-order valence-corrected chi connectivity index (χ2v) is 8.30. The Bertz CT molecular complexity index is 1210. The van der Waals surface area contributed by atoms with E-state index in [9.17, 15) is 4.79 Å². The first kappa shape index (κ1) is 21.4. The SMILES string of the molecule is COc1ccc(OC)c2sc(N(Cc3ccccn3)C(=O)c3cc(Cl)ccc3Cl)nc12. The van der Waals surface area contributed by atoms with Crippen molar-refractivity contribution in [3.63, 3.8) is 0 Å². The van der Waals surface area contributed by atoms with Gasteiger partial charge in [-0.15, -0.1) is 0 Å². The normalized spacial score (nSPS) is 10.8. The van der Waals surface area contributed by atoms with Crippen molar-refractivity contribution in [1.82, 2.24) is 9.97 Å². The summed E-state index contributed by atoms with van der Waals surface area (Å²) in [5, 5.41) is 1.18. The van der Waals surface area contributed by atoms with Gasteiger partial charge in [-0.1, -0.05) is 40.6 Å². The number of pyridine rings is 1. The molecule has 2 heterocycles. The molecule has 0 aliphatic heterocycles. The number of amides is 1. The lowest BCUT2D eigenvalue weighted by Gasteiger charge is -2.20. The Morgan fingerprint density at radius 1 is 1.06 bits per heavy atom. The third-order valence-electron chi connectivity index (χ3n) is 4.58. The zero-order valence-electron chi connectivity index (χ0n) is 16.6. The number of thiazole rings is 1. The molecule has 31 heavy (non-hydrogen) atoms. The fourth-order valence-corrected chi connectivity index (χ4v) is 4.52. The number of hydrogen-bond acceptors (Lipinski definition) is 6.